The van der Waals surface area contributed by atoms with Crippen LogP contribution in [0.1, 0.15) is 42.4 Å². The molecule has 0 atom stereocenters. The van der Waals surface area contributed by atoms with Crippen LogP contribution in [0.5, 0.6) is 0 Å². The van der Waals surface area contributed by atoms with Gasteiger partial charge >= 0.3 is 6.03 Å². The van der Waals surface area contributed by atoms with E-state index in [1.807, 2.05) is 30.3 Å². The highest BCUT2D eigenvalue weighted by Gasteiger charge is 2.11. The van der Waals surface area contributed by atoms with Gasteiger partial charge in [0.1, 0.15) is 0 Å². The topological polar surface area (TPSA) is 46.1 Å². The van der Waals surface area contributed by atoms with Gasteiger partial charge in [-0.1, -0.05) is 30.3 Å². The maximum Gasteiger partial charge on any atom is 0.315 e. The first-order valence-electron chi connectivity index (χ1n) is 8.22. The number of carbonyl (C=O) groups is 1. The largest absolute Gasteiger partial charge is 0.346 e. The summed E-state index contributed by atoms with van der Waals surface area (Å²) in [7, 11) is 0. The third-order valence-electron chi connectivity index (χ3n) is 4.08. The van der Waals surface area contributed by atoms with Crippen LogP contribution in [0.4, 0.5) is 4.79 Å². The van der Waals surface area contributed by atoms with Crippen LogP contribution < -0.4 is 10.6 Å². The Labute approximate surface area is 138 Å². The molecule has 0 saturated carbocycles. The monoisotopic (exact) mass is 313 g/mol. The highest BCUT2D eigenvalue weighted by Crippen LogP contribution is 2.20. The molecule has 0 aliphatic heterocycles. The summed E-state index contributed by atoms with van der Waals surface area (Å²) in [5, 5.41) is 5.81. The van der Waals surface area contributed by atoms with Crippen molar-refractivity contribution in [1.82, 2.24) is 15.2 Å². The number of nitrogens with zero attached hydrogens (tertiary/aromatic N) is 1. The molecule has 0 bridgehead atoms. The second kappa shape index (κ2) is 7.86. The molecule has 0 saturated heterocycles. The molecular weight excluding hydrogens is 286 g/mol. The van der Waals surface area contributed by atoms with Gasteiger partial charge in [-0.25, -0.2) is 4.79 Å². The fourth-order valence-corrected chi connectivity index (χ4v) is 3.04. The molecule has 1 aromatic heterocycles. The van der Waals surface area contributed by atoms with Gasteiger partial charge in [-0.3, -0.25) is 0 Å². The van der Waals surface area contributed by atoms with Gasteiger partial charge in [0.2, 0.25) is 0 Å². The fourth-order valence-electron chi connectivity index (χ4n) is 3.04. The molecule has 4 heteroatoms. The summed E-state index contributed by atoms with van der Waals surface area (Å²) in [4.78, 5) is 11.8. The first kappa shape index (κ1) is 17.1. The number of hydrogen-bond acceptors (Lipinski definition) is 1. The number of nitrogens with one attached hydrogen (secondary N) is 2. The lowest BCUT2D eigenvalue weighted by molar-refractivity contribution is 0.240. The maximum absolute atomic E-state index is 11.8. The molecule has 0 aliphatic carbocycles. The number of aryl methyl sites for hydroxylation is 1. The fraction of sp³-hybridized carbons (Fsp3) is 0.421. The van der Waals surface area contributed by atoms with Crippen molar-refractivity contribution in [3.05, 3.63) is 58.9 Å². The third kappa shape index (κ3) is 4.62. The standard InChI is InChI=1S/C19H27N3O/c1-14(2)22-15(3)12-18(16(22)4)10-11-20-19(23)21-13-17-8-6-5-7-9-17/h5-9,12,14H,10-11,13H2,1-4H3,(H2,20,21,23). The third-order valence-corrected chi connectivity index (χ3v) is 4.08. The normalized spacial score (nSPS) is 10.8. The Morgan fingerprint density at radius 1 is 1.13 bits per heavy atom. The average molecular weight is 313 g/mol. The number of carbonyl (C=O) groups excluding carboxylic acids is 1. The van der Waals surface area contributed by atoms with Gasteiger partial charge in [0, 0.05) is 30.5 Å². The van der Waals surface area contributed by atoms with E-state index in [-0.39, 0.29) is 6.03 Å². The second-order valence-corrected chi connectivity index (χ2v) is 6.21. The van der Waals surface area contributed by atoms with Crippen molar-refractivity contribution < 1.29 is 4.79 Å². The van der Waals surface area contributed by atoms with Crippen molar-refractivity contribution in [3.63, 3.8) is 0 Å². The van der Waals surface area contributed by atoms with E-state index in [1.165, 1.54) is 17.0 Å². The van der Waals surface area contributed by atoms with Crippen LogP contribution in [0.15, 0.2) is 36.4 Å². The molecule has 0 fully saturated rings. The van der Waals surface area contributed by atoms with Crippen LogP contribution >= 0.6 is 0 Å². The summed E-state index contributed by atoms with van der Waals surface area (Å²) in [6.45, 7) is 9.87. The van der Waals surface area contributed by atoms with Crippen LogP contribution in [0.2, 0.25) is 0 Å². The molecule has 23 heavy (non-hydrogen) atoms. The van der Waals surface area contributed by atoms with Crippen molar-refractivity contribution in [2.24, 2.45) is 0 Å². The van der Waals surface area contributed by atoms with Crippen molar-refractivity contribution in [2.45, 2.75) is 46.7 Å². The SMILES string of the molecule is Cc1cc(CCNC(=O)NCc2ccccc2)c(C)n1C(C)C. The molecule has 0 unspecified atom stereocenters. The highest BCUT2D eigenvalue weighted by molar-refractivity contribution is 5.73. The Kier molecular flexibility index (Phi) is 5.85. The van der Waals surface area contributed by atoms with Gasteiger partial charge in [0.25, 0.3) is 0 Å². The van der Waals surface area contributed by atoms with Gasteiger partial charge in [0.05, 0.1) is 0 Å². The van der Waals surface area contributed by atoms with Gasteiger partial charge in [-0.15, -0.1) is 0 Å². The average Bonchev–Trinajstić information content (AvgIpc) is 2.80. The van der Waals surface area contributed by atoms with E-state index < -0.39 is 0 Å². The van der Waals surface area contributed by atoms with E-state index in [0.29, 0.717) is 19.1 Å². The Hall–Kier alpha value is -2.23. The smallest absolute Gasteiger partial charge is 0.315 e. The van der Waals surface area contributed by atoms with Crippen LogP contribution in [-0.4, -0.2) is 17.1 Å². The molecule has 0 radical (unpaired) electrons. The molecule has 124 valence electrons. The van der Waals surface area contributed by atoms with Crippen LogP contribution in [-0.2, 0) is 13.0 Å². The van der Waals surface area contributed by atoms with Crippen molar-refractivity contribution in [2.75, 3.05) is 6.54 Å². The van der Waals surface area contributed by atoms with E-state index in [0.717, 1.165) is 12.0 Å². The zero-order valence-electron chi connectivity index (χ0n) is 14.5. The number of urea groups is 1. The van der Waals surface area contributed by atoms with Crippen molar-refractivity contribution >= 4 is 6.03 Å². The van der Waals surface area contributed by atoms with Crippen molar-refractivity contribution in [1.29, 1.82) is 0 Å². The zero-order valence-corrected chi connectivity index (χ0v) is 14.5. The van der Waals surface area contributed by atoms with Gasteiger partial charge < -0.3 is 15.2 Å². The molecular formula is C19H27N3O. The predicted octanol–water partition coefficient (Wildman–Crippen LogP) is 3.73. The molecule has 2 amide bonds. The maximum atomic E-state index is 11.8. The number of amides is 2. The number of hydrogen-bond donors (Lipinski definition) is 2. The molecule has 1 aromatic carbocycles. The number of aromatic nitrogens is 1. The molecule has 4 nitrogen and oxygen atoms in total. The number of rotatable bonds is 6. The van der Waals surface area contributed by atoms with E-state index in [9.17, 15) is 4.79 Å². The molecule has 2 aromatic rings. The molecule has 2 N–H and O–H groups in total. The lowest BCUT2D eigenvalue weighted by Gasteiger charge is -2.14. The molecule has 0 aliphatic rings. The van der Waals surface area contributed by atoms with E-state index in [1.54, 1.807) is 0 Å². The Morgan fingerprint density at radius 2 is 1.83 bits per heavy atom. The minimum Gasteiger partial charge on any atom is -0.346 e. The first-order valence-corrected chi connectivity index (χ1v) is 8.22. The predicted molar refractivity (Wildman–Crippen MR) is 94.7 cm³/mol. The summed E-state index contributed by atoms with van der Waals surface area (Å²) in [6.07, 6.45) is 0.852. The lowest BCUT2D eigenvalue weighted by Crippen LogP contribution is -2.36. The summed E-state index contributed by atoms with van der Waals surface area (Å²) in [5.41, 5.74) is 4.98. The van der Waals surface area contributed by atoms with Crippen molar-refractivity contribution in [3.8, 4) is 0 Å². The highest BCUT2D eigenvalue weighted by atomic mass is 16.2. The Bertz CT molecular complexity index is 644. The number of benzene rings is 1. The van der Waals surface area contributed by atoms with E-state index >= 15 is 0 Å². The summed E-state index contributed by atoms with van der Waals surface area (Å²) in [5.74, 6) is 0. The zero-order chi connectivity index (χ0) is 16.8. The minimum atomic E-state index is -0.119. The summed E-state index contributed by atoms with van der Waals surface area (Å²) in [6, 6.07) is 12.5. The van der Waals surface area contributed by atoms with Gasteiger partial charge in [-0.2, -0.15) is 0 Å². The quantitative estimate of drug-likeness (QED) is 0.838. The molecule has 0 spiro atoms. The lowest BCUT2D eigenvalue weighted by atomic mass is 10.2. The van der Waals surface area contributed by atoms with Crippen LogP contribution in [0.25, 0.3) is 0 Å². The Balaban J connectivity index is 1.79. The minimum absolute atomic E-state index is 0.119. The first-order chi connectivity index (χ1) is 11.0. The second-order valence-electron chi connectivity index (χ2n) is 6.21. The van der Waals surface area contributed by atoms with Crippen LogP contribution in [0, 0.1) is 13.8 Å². The molecule has 1 heterocycles. The summed E-state index contributed by atoms with van der Waals surface area (Å²) < 4.78 is 2.34. The van der Waals surface area contributed by atoms with E-state index in [4.69, 9.17) is 0 Å². The van der Waals surface area contributed by atoms with E-state index in [2.05, 4.69) is 49.0 Å². The van der Waals surface area contributed by atoms with Gasteiger partial charge in [0.15, 0.2) is 0 Å². The Morgan fingerprint density at radius 3 is 2.43 bits per heavy atom. The van der Waals surface area contributed by atoms with Gasteiger partial charge in [-0.05, 0) is 51.3 Å². The summed E-state index contributed by atoms with van der Waals surface area (Å²) >= 11 is 0. The van der Waals surface area contributed by atoms with Crippen LogP contribution in [0.3, 0.4) is 0 Å². The molecule has 2 rings (SSSR count).